The number of nitrogens with zero attached hydrogens (tertiary/aromatic N) is 2. The summed E-state index contributed by atoms with van der Waals surface area (Å²) in [5.74, 6) is -1.16. The van der Waals surface area contributed by atoms with Crippen molar-refractivity contribution in [3.63, 3.8) is 0 Å². The molecule has 0 radical (unpaired) electrons. The number of halogens is 1. The number of rotatable bonds is 5. The average molecular weight is 295 g/mol. The predicted octanol–water partition coefficient (Wildman–Crippen LogP) is 1.95. The molecular weight excluding hydrogens is 277 g/mol. The number of nitro benzene ring substituents is 1. The van der Waals surface area contributed by atoms with Gasteiger partial charge in [-0.1, -0.05) is 0 Å². The molecule has 1 aromatic carbocycles. The molecule has 1 aromatic rings. The van der Waals surface area contributed by atoms with Gasteiger partial charge in [-0.3, -0.25) is 14.9 Å². The number of benzene rings is 1. The summed E-state index contributed by atoms with van der Waals surface area (Å²) in [5.41, 5.74) is -0.556. The highest BCUT2D eigenvalue weighted by Crippen LogP contribution is 2.22. The van der Waals surface area contributed by atoms with E-state index in [0.717, 1.165) is 31.5 Å². The molecule has 1 saturated heterocycles. The Labute approximate surface area is 122 Å². The topological polar surface area (TPSA) is 75.5 Å². The number of nitrogens with one attached hydrogen (secondary N) is 1. The maximum atomic E-state index is 13.1. The van der Waals surface area contributed by atoms with Crippen molar-refractivity contribution in [2.24, 2.45) is 0 Å². The van der Waals surface area contributed by atoms with E-state index in [1.54, 1.807) is 4.90 Å². The van der Waals surface area contributed by atoms with Gasteiger partial charge in [0.2, 0.25) is 0 Å². The summed E-state index contributed by atoms with van der Waals surface area (Å²) in [7, 11) is 0. The smallest absolute Gasteiger partial charge is 0.285 e. The Kier molecular flexibility index (Phi) is 4.85. The van der Waals surface area contributed by atoms with Crippen LogP contribution in [-0.2, 0) is 0 Å². The second-order valence-electron chi connectivity index (χ2n) is 5.06. The van der Waals surface area contributed by atoms with Crippen molar-refractivity contribution < 1.29 is 14.1 Å². The van der Waals surface area contributed by atoms with Crippen LogP contribution in [0.15, 0.2) is 18.2 Å². The number of likely N-dealkylation sites (N-methyl/N-ethyl adjacent to an activating group) is 1. The zero-order chi connectivity index (χ0) is 15.4. The number of amides is 1. The number of hydrogen-bond donors (Lipinski definition) is 1. The molecule has 0 aliphatic carbocycles. The Morgan fingerprint density at radius 1 is 1.57 bits per heavy atom. The Balaban J connectivity index is 2.22. The fourth-order valence-electron chi connectivity index (χ4n) is 2.54. The maximum absolute atomic E-state index is 13.1. The van der Waals surface area contributed by atoms with Crippen LogP contribution >= 0.6 is 0 Å². The molecule has 6 nitrogen and oxygen atoms in total. The SMILES string of the molecule is CCN(CC1CCCN1)C(=O)c1ccc(F)cc1[N+](=O)[O-]. The molecule has 1 heterocycles. The first-order valence-corrected chi connectivity index (χ1v) is 6.99. The molecule has 0 aromatic heterocycles. The Morgan fingerprint density at radius 2 is 2.33 bits per heavy atom. The summed E-state index contributed by atoms with van der Waals surface area (Å²) in [4.78, 5) is 24.3. The Bertz CT molecular complexity index is 544. The van der Waals surface area contributed by atoms with Crippen molar-refractivity contribution in [3.05, 3.63) is 39.7 Å². The van der Waals surface area contributed by atoms with Gasteiger partial charge in [0.15, 0.2) is 0 Å². The van der Waals surface area contributed by atoms with Gasteiger partial charge in [0.25, 0.3) is 11.6 Å². The minimum Gasteiger partial charge on any atom is -0.337 e. The highest BCUT2D eigenvalue weighted by atomic mass is 19.1. The molecule has 114 valence electrons. The van der Waals surface area contributed by atoms with E-state index >= 15 is 0 Å². The second kappa shape index (κ2) is 6.62. The summed E-state index contributed by atoms with van der Waals surface area (Å²) in [6.45, 7) is 3.70. The normalized spacial score (nSPS) is 17.7. The molecule has 1 N–H and O–H groups in total. The van der Waals surface area contributed by atoms with Gasteiger partial charge in [0, 0.05) is 19.1 Å². The predicted molar refractivity (Wildman–Crippen MR) is 75.7 cm³/mol. The lowest BCUT2D eigenvalue weighted by molar-refractivity contribution is -0.385. The lowest BCUT2D eigenvalue weighted by Crippen LogP contribution is -2.41. The Morgan fingerprint density at radius 3 is 2.90 bits per heavy atom. The monoisotopic (exact) mass is 295 g/mol. The minimum atomic E-state index is -0.724. The van der Waals surface area contributed by atoms with Crippen LogP contribution in [0.2, 0.25) is 0 Å². The van der Waals surface area contributed by atoms with Gasteiger partial charge in [-0.2, -0.15) is 0 Å². The molecule has 1 amide bonds. The zero-order valence-electron chi connectivity index (χ0n) is 11.8. The van der Waals surface area contributed by atoms with Crippen molar-refractivity contribution in [2.75, 3.05) is 19.6 Å². The molecule has 0 spiro atoms. The highest BCUT2D eigenvalue weighted by Gasteiger charge is 2.27. The molecular formula is C14H18FN3O3. The fraction of sp³-hybridized carbons (Fsp3) is 0.500. The van der Waals surface area contributed by atoms with Crippen LogP contribution in [0.4, 0.5) is 10.1 Å². The maximum Gasteiger partial charge on any atom is 0.285 e. The first kappa shape index (κ1) is 15.4. The molecule has 21 heavy (non-hydrogen) atoms. The summed E-state index contributed by atoms with van der Waals surface area (Å²) in [6, 6.07) is 3.26. The molecule has 0 saturated carbocycles. The molecule has 1 aliphatic heterocycles. The first-order valence-electron chi connectivity index (χ1n) is 6.99. The van der Waals surface area contributed by atoms with Crippen molar-refractivity contribution in [3.8, 4) is 0 Å². The van der Waals surface area contributed by atoms with Crippen molar-refractivity contribution >= 4 is 11.6 Å². The van der Waals surface area contributed by atoms with Gasteiger partial charge in [-0.25, -0.2) is 4.39 Å². The molecule has 2 rings (SSSR count). The quantitative estimate of drug-likeness (QED) is 0.665. The van der Waals surface area contributed by atoms with E-state index in [-0.39, 0.29) is 11.6 Å². The summed E-state index contributed by atoms with van der Waals surface area (Å²) in [6.07, 6.45) is 2.04. The lowest BCUT2D eigenvalue weighted by Gasteiger charge is -2.24. The Hall–Kier alpha value is -2.02. The van der Waals surface area contributed by atoms with Gasteiger partial charge >= 0.3 is 0 Å². The molecule has 1 aliphatic rings. The minimum absolute atomic E-state index is 0.0683. The molecule has 1 unspecified atom stereocenters. The zero-order valence-corrected chi connectivity index (χ0v) is 11.8. The van der Waals surface area contributed by atoms with Crippen LogP contribution < -0.4 is 5.32 Å². The van der Waals surface area contributed by atoms with Crippen molar-refractivity contribution in [1.82, 2.24) is 10.2 Å². The second-order valence-corrected chi connectivity index (χ2v) is 5.06. The fourth-order valence-corrected chi connectivity index (χ4v) is 2.54. The molecule has 1 fully saturated rings. The standard InChI is InChI=1S/C14H18FN3O3/c1-2-17(9-11-4-3-7-16-11)14(19)12-6-5-10(15)8-13(12)18(20)21/h5-6,8,11,16H,2-4,7,9H2,1H3. The van der Waals surface area contributed by atoms with Gasteiger partial charge in [-0.05, 0) is 38.4 Å². The van der Waals surface area contributed by atoms with Gasteiger partial charge in [0.05, 0.1) is 11.0 Å². The number of carbonyl (C=O) groups excluding carboxylic acids is 1. The van der Waals surface area contributed by atoms with E-state index in [4.69, 9.17) is 0 Å². The third-order valence-electron chi connectivity index (χ3n) is 3.66. The average Bonchev–Trinajstić information content (AvgIpc) is 2.97. The summed E-state index contributed by atoms with van der Waals surface area (Å²) < 4.78 is 13.1. The lowest BCUT2D eigenvalue weighted by atomic mass is 10.1. The van der Waals surface area contributed by atoms with Crippen LogP contribution in [0.1, 0.15) is 30.1 Å². The summed E-state index contributed by atoms with van der Waals surface area (Å²) in [5, 5.41) is 14.3. The number of hydrogen-bond acceptors (Lipinski definition) is 4. The van der Waals surface area contributed by atoms with Gasteiger partial charge in [0.1, 0.15) is 11.4 Å². The third kappa shape index (κ3) is 3.55. The van der Waals surface area contributed by atoms with Crippen LogP contribution in [-0.4, -0.2) is 41.4 Å². The van der Waals surface area contributed by atoms with Crippen molar-refractivity contribution in [2.45, 2.75) is 25.8 Å². The van der Waals surface area contributed by atoms with E-state index in [1.807, 2.05) is 6.92 Å². The van der Waals surface area contributed by atoms with E-state index in [2.05, 4.69) is 5.32 Å². The van der Waals surface area contributed by atoms with E-state index in [1.165, 1.54) is 6.07 Å². The van der Waals surface area contributed by atoms with E-state index < -0.39 is 22.3 Å². The molecule has 0 bridgehead atoms. The van der Waals surface area contributed by atoms with E-state index in [0.29, 0.717) is 13.1 Å². The molecule has 7 heteroatoms. The van der Waals surface area contributed by atoms with Gasteiger partial charge < -0.3 is 10.2 Å². The van der Waals surface area contributed by atoms with Crippen LogP contribution in [0.25, 0.3) is 0 Å². The largest absolute Gasteiger partial charge is 0.337 e. The van der Waals surface area contributed by atoms with Crippen molar-refractivity contribution in [1.29, 1.82) is 0 Å². The van der Waals surface area contributed by atoms with Crippen LogP contribution in [0.5, 0.6) is 0 Å². The molecule has 1 atom stereocenters. The van der Waals surface area contributed by atoms with Gasteiger partial charge in [-0.15, -0.1) is 0 Å². The number of carbonyl (C=O) groups is 1. The highest BCUT2D eigenvalue weighted by molar-refractivity contribution is 5.98. The number of nitro groups is 1. The first-order chi connectivity index (χ1) is 10.0. The van der Waals surface area contributed by atoms with E-state index in [9.17, 15) is 19.3 Å². The summed E-state index contributed by atoms with van der Waals surface area (Å²) >= 11 is 0. The van der Waals surface area contributed by atoms with Crippen LogP contribution in [0.3, 0.4) is 0 Å². The third-order valence-corrected chi connectivity index (χ3v) is 3.66. The van der Waals surface area contributed by atoms with Crippen LogP contribution in [0, 0.1) is 15.9 Å².